The first kappa shape index (κ1) is 15.6. The second-order valence-electron chi connectivity index (χ2n) is 5.61. The normalized spacial score (nSPS) is 11.6. The largest absolute Gasteiger partial charge is 0.481 e. The van der Waals surface area contributed by atoms with E-state index in [1.54, 1.807) is 11.8 Å². The van der Waals surface area contributed by atoms with E-state index >= 15 is 0 Å². The molecule has 0 saturated carbocycles. The first-order valence-corrected chi connectivity index (χ1v) is 7.81. The lowest BCUT2D eigenvalue weighted by Gasteiger charge is -2.19. The number of rotatable bonds is 6. The first-order chi connectivity index (χ1) is 9.91. The highest BCUT2D eigenvalue weighted by atomic mass is 32.2. The zero-order chi connectivity index (χ0) is 15.5. The molecule has 0 aliphatic heterocycles. The molecule has 0 aliphatic rings. The number of thioether (sulfide) groups is 1. The third-order valence-corrected chi connectivity index (χ3v) is 3.86. The van der Waals surface area contributed by atoms with Gasteiger partial charge in [0.05, 0.1) is 12.0 Å². The van der Waals surface area contributed by atoms with Crippen LogP contribution in [0.4, 0.5) is 0 Å². The summed E-state index contributed by atoms with van der Waals surface area (Å²) in [5.74, 6) is 0.112. The topological polar surface area (TPSA) is 76.2 Å². The van der Waals surface area contributed by atoms with Gasteiger partial charge in [-0.1, -0.05) is 26.0 Å². The number of carbonyl (C=O) groups is 1. The van der Waals surface area contributed by atoms with Crippen LogP contribution in [-0.2, 0) is 11.2 Å². The molecule has 0 bridgehead atoms. The molecule has 0 amide bonds. The molecule has 1 N–H and O–H groups in total. The molecule has 5 nitrogen and oxygen atoms in total. The smallest absolute Gasteiger partial charge is 0.303 e. The summed E-state index contributed by atoms with van der Waals surface area (Å²) in [6, 6.07) is 7.82. The SMILES string of the molecule is CSc1ccccc1-c1nnc(CC(C)(C)CC(=O)O)o1. The van der Waals surface area contributed by atoms with E-state index in [9.17, 15) is 4.79 Å². The van der Waals surface area contributed by atoms with Gasteiger partial charge in [-0.05, 0) is 23.8 Å². The Balaban J connectivity index is 2.20. The van der Waals surface area contributed by atoms with E-state index in [0.29, 0.717) is 18.2 Å². The van der Waals surface area contributed by atoms with Gasteiger partial charge < -0.3 is 9.52 Å². The van der Waals surface area contributed by atoms with Crippen molar-refractivity contribution in [3.63, 3.8) is 0 Å². The van der Waals surface area contributed by atoms with Crippen LogP contribution in [-0.4, -0.2) is 27.5 Å². The van der Waals surface area contributed by atoms with Crippen LogP contribution in [0, 0.1) is 5.41 Å². The molecule has 0 radical (unpaired) electrons. The molecule has 0 saturated heterocycles. The summed E-state index contributed by atoms with van der Waals surface area (Å²) in [4.78, 5) is 11.9. The molecule has 0 unspecified atom stereocenters. The Hall–Kier alpha value is -1.82. The van der Waals surface area contributed by atoms with Crippen LogP contribution < -0.4 is 0 Å². The molecule has 1 aromatic heterocycles. The van der Waals surface area contributed by atoms with Gasteiger partial charge in [-0.3, -0.25) is 4.79 Å². The Bertz CT molecular complexity index is 637. The maximum absolute atomic E-state index is 10.8. The lowest BCUT2D eigenvalue weighted by molar-refractivity contribution is -0.139. The van der Waals surface area contributed by atoms with E-state index in [2.05, 4.69) is 10.2 Å². The van der Waals surface area contributed by atoms with Crippen LogP contribution >= 0.6 is 11.8 Å². The van der Waals surface area contributed by atoms with E-state index in [1.807, 2.05) is 44.4 Å². The van der Waals surface area contributed by atoms with Gasteiger partial charge >= 0.3 is 5.97 Å². The average Bonchev–Trinajstić information content (AvgIpc) is 2.84. The van der Waals surface area contributed by atoms with Crippen LogP contribution in [0.5, 0.6) is 0 Å². The van der Waals surface area contributed by atoms with E-state index in [0.717, 1.165) is 10.5 Å². The molecule has 1 heterocycles. The van der Waals surface area contributed by atoms with Crippen molar-refractivity contribution in [2.45, 2.75) is 31.6 Å². The predicted octanol–water partition coefficient (Wildman–Crippen LogP) is 3.50. The molecule has 0 atom stereocenters. The van der Waals surface area contributed by atoms with E-state index in [1.165, 1.54) is 0 Å². The molecule has 0 fully saturated rings. The van der Waals surface area contributed by atoms with Crippen molar-refractivity contribution in [1.82, 2.24) is 10.2 Å². The highest BCUT2D eigenvalue weighted by Crippen LogP contribution is 2.31. The van der Waals surface area contributed by atoms with Crippen molar-refractivity contribution in [3.05, 3.63) is 30.2 Å². The minimum atomic E-state index is -0.826. The average molecular weight is 306 g/mol. The minimum Gasteiger partial charge on any atom is -0.481 e. The second kappa shape index (κ2) is 6.30. The highest BCUT2D eigenvalue weighted by Gasteiger charge is 2.25. The van der Waals surface area contributed by atoms with Crippen LogP contribution in [0.1, 0.15) is 26.2 Å². The van der Waals surface area contributed by atoms with Gasteiger partial charge in [0, 0.05) is 11.3 Å². The summed E-state index contributed by atoms with van der Waals surface area (Å²) < 4.78 is 5.70. The Morgan fingerprint density at radius 3 is 2.71 bits per heavy atom. The third-order valence-electron chi connectivity index (χ3n) is 3.06. The van der Waals surface area contributed by atoms with Gasteiger partial charge in [0.15, 0.2) is 0 Å². The highest BCUT2D eigenvalue weighted by molar-refractivity contribution is 7.98. The van der Waals surface area contributed by atoms with Gasteiger partial charge in [0.2, 0.25) is 11.8 Å². The molecule has 0 spiro atoms. The number of hydrogen-bond donors (Lipinski definition) is 1. The molecule has 6 heteroatoms. The molecular formula is C15H18N2O3S. The van der Waals surface area contributed by atoms with Crippen molar-refractivity contribution in [2.24, 2.45) is 5.41 Å². The van der Waals surface area contributed by atoms with Crippen molar-refractivity contribution in [2.75, 3.05) is 6.26 Å². The number of benzene rings is 1. The zero-order valence-corrected chi connectivity index (χ0v) is 13.1. The predicted molar refractivity (Wildman–Crippen MR) is 81.3 cm³/mol. The zero-order valence-electron chi connectivity index (χ0n) is 12.3. The fourth-order valence-corrected chi connectivity index (χ4v) is 2.73. The number of nitrogens with zero attached hydrogens (tertiary/aromatic N) is 2. The maximum atomic E-state index is 10.8. The Morgan fingerprint density at radius 1 is 1.33 bits per heavy atom. The van der Waals surface area contributed by atoms with Crippen LogP contribution in [0.2, 0.25) is 0 Å². The Morgan fingerprint density at radius 2 is 2.05 bits per heavy atom. The number of carboxylic acids is 1. The van der Waals surface area contributed by atoms with Gasteiger partial charge in [-0.2, -0.15) is 0 Å². The fraction of sp³-hybridized carbons (Fsp3) is 0.400. The van der Waals surface area contributed by atoms with E-state index in [4.69, 9.17) is 9.52 Å². The summed E-state index contributed by atoms with van der Waals surface area (Å²) in [5.41, 5.74) is 0.481. The maximum Gasteiger partial charge on any atom is 0.303 e. The summed E-state index contributed by atoms with van der Waals surface area (Å²) >= 11 is 1.62. The summed E-state index contributed by atoms with van der Waals surface area (Å²) in [7, 11) is 0. The molecule has 21 heavy (non-hydrogen) atoms. The molecule has 112 valence electrons. The van der Waals surface area contributed by atoms with Crippen molar-refractivity contribution < 1.29 is 14.3 Å². The standard InChI is InChI=1S/C15H18N2O3S/c1-15(2,9-13(18)19)8-12-16-17-14(20-12)10-6-4-5-7-11(10)21-3/h4-7H,8-9H2,1-3H3,(H,18,19). The van der Waals surface area contributed by atoms with Crippen LogP contribution in [0.15, 0.2) is 33.6 Å². The van der Waals surface area contributed by atoms with Crippen molar-refractivity contribution in [1.29, 1.82) is 0 Å². The molecule has 1 aromatic carbocycles. The van der Waals surface area contributed by atoms with Gasteiger partial charge in [-0.25, -0.2) is 0 Å². The summed E-state index contributed by atoms with van der Waals surface area (Å²) in [6.45, 7) is 3.75. The molecule has 2 rings (SSSR count). The molecule has 2 aromatic rings. The fourth-order valence-electron chi connectivity index (χ4n) is 2.14. The lowest BCUT2D eigenvalue weighted by Crippen LogP contribution is -2.19. The Labute approximate surface area is 127 Å². The van der Waals surface area contributed by atoms with Crippen LogP contribution in [0.25, 0.3) is 11.5 Å². The lowest BCUT2D eigenvalue weighted by atomic mass is 9.86. The van der Waals surface area contributed by atoms with E-state index < -0.39 is 11.4 Å². The van der Waals surface area contributed by atoms with Gasteiger partial charge in [-0.15, -0.1) is 22.0 Å². The quantitative estimate of drug-likeness (QED) is 0.823. The first-order valence-electron chi connectivity index (χ1n) is 6.59. The van der Waals surface area contributed by atoms with E-state index in [-0.39, 0.29) is 6.42 Å². The summed E-state index contributed by atoms with van der Waals surface area (Å²) in [5, 5.41) is 17.0. The number of carboxylic acid groups (broad SMARTS) is 1. The van der Waals surface area contributed by atoms with Gasteiger partial charge in [0.25, 0.3) is 0 Å². The van der Waals surface area contributed by atoms with Crippen molar-refractivity contribution in [3.8, 4) is 11.5 Å². The molecule has 0 aliphatic carbocycles. The molecular weight excluding hydrogens is 288 g/mol. The summed E-state index contributed by atoms with van der Waals surface area (Å²) in [6.07, 6.45) is 2.49. The monoisotopic (exact) mass is 306 g/mol. The third kappa shape index (κ3) is 4.07. The number of aliphatic carboxylic acids is 1. The Kier molecular flexibility index (Phi) is 4.67. The van der Waals surface area contributed by atoms with Crippen LogP contribution in [0.3, 0.4) is 0 Å². The minimum absolute atomic E-state index is 0.0616. The van der Waals surface area contributed by atoms with Crippen molar-refractivity contribution >= 4 is 17.7 Å². The number of hydrogen-bond acceptors (Lipinski definition) is 5. The van der Waals surface area contributed by atoms with Gasteiger partial charge in [0.1, 0.15) is 0 Å². The number of aromatic nitrogens is 2. The second-order valence-corrected chi connectivity index (χ2v) is 6.46.